The van der Waals surface area contributed by atoms with E-state index in [1.807, 2.05) is 7.05 Å². The Morgan fingerprint density at radius 1 is 1.33 bits per heavy atom. The van der Waals surface area contributed by atoms with Crippen LogP contribution in [0.15, 0.2) is 29.3 Å². The molecule has 136 valence electrons. The third-order valence-corrected chi connectivity index (χ3v) is 4.71. The Kier molecular flexibility index (Phi) is 9.05. The first-order chi connectivity index (χ1) is 11.0. The van der Waals surface area contributed by atoms with Crippen LogP contribution in [0.1, 0.15) is 31.9 Å². The number of aryl methyl sites for hydroxylation is 1. The summed E-state index contributed by atoms with van der Waals surface area (Å²) in [5, 5.41) is 7.04. The summed E-state index contributed by atoms with van der Waals surface area (Å²) < 4.78 is 0. The van der Waals surface area contributed by atoms with E-state index in [4.69, 9.17) is 0 Å². The zero-order valence-corrected chi connectivity index (χ0v) is 18.0. The van der Waals surface area contributed by atoms with Gasteiger partial charge in [-0.2, -0.15) is 0 Å². The average Bonchev–Trinajstić information content (AvgIpc) is 2.87. The molecule has 1 aliphatic heterocycles. The zero-order chi connectivity index (χ0) is 16.8. The van der Waals surface area contributed by atoms with E-state index in [1.54, 1.807) is 0 Å². The first-order valence-electron chi connectivity index (χ1n) is 8.76. The summed E-state index contributed by atoms with van der Waals surface area (Å²) in [5.41, 5.74) is 2.69. The van der Waals surface area contributed by atoms with E-state index in [0.29, 0.717) is 18.0 Å². The Morgan fingerprint density at radius 2 is 2.08 bits per heavy atom. The summed E-state index contributed by atoms with van der Waals surface area (Å²) in [6.45, 7) is 12.2. The minimum atomic E-state index is 0. The number of rotatable bonds is 5. The number of hydrogen-bond acceptors (Lipinski definition) is 2. The monoisotopic (exact) mass is 444 g/mol. The molecule has 1 aromatic rings. The Labute approximate surface area is 164 Å². The highest BCUT2D eigenvalue weighted by Gasteiger charge is 2.31. The molecule has 24 heavy (non-hydrogen) atoms. The largest absolute Gasteiger partial charge is 0.356 e. The number of nitrogens with zero attached hydrogens (tertiary/aromatic N) is 2. The molecule has 1 fully saturated rings. The smallest absolute Gasteiger partial charge is 0.191 e. The third kappa shape index (κ3) is 6.24. The first-order valence-corrected chi connectivity index (χ1v) is 8.76. The van der Waals surface area contributed by atoms with Crippen molar-refractivity contribution in [3.63, 3.8) is 0 Å². The predicted octanol–water partition coefficient (Wildman–Crippen LogP) is 3.05. The van der Waals surface area contributed by atoms with Crippen molar-refractivity contribution in [1.82, 2.24) is 15.5 Å². The lowest BCUT2D eigenvalue weighted by atomic mass is 10.1. The average molecular weight is 444 g/mol. The SMILES string of the molecule is CN=C(NCCc1cccc(C)c1)NC1CN(C(C)C)CC1C.I. The van der Waals surface area contributed by atoms with Gasteiger partial charge in [0.05, 0.1) is 0 Å². The second kappa shape index (κ2) is 10.2. The zero-order valence-electron chi connectivity index (χ0n) is 15.7. The molecule has 0 spiro atoms. The van der Waals surface area contributed by atoms with Crippen LogP contribution in [0.3, 0.4) is 0 Å². The third-order valence-electron chi connectivity index (χ3n) is 4.71. The second-order valence-corrected chi connectivity index (χ2v) is 7.01. The lowest BCUT2D eigenvalue weighted by Crippen LogP contribution is -2.47. The Hall–Kier alpha value is -0.820. The molecule has 0 bridgehead atoms. The lowest BCUT2D eigenvalue weighted by Gasteiger charge is -2.22. The Morgan fingerprint density at radius 3 is 2.67 bits per heavy atom. The van der Waals surface area contributed by atoms with E-state index in [-0.39, 0.29) is 24.0 Å². The van der Waals surface area contributed by atoms with Crippen molar-refractivity contribution in [3.8, 4) is 0 Å². The minimum Gasteiger partial charge on any atom is -0.356 e. The Balaban J connectivity index is 0.00000288. The van der Waals surface area contributed by atoms with Gasteiger partial charge in [0, 0.05) is 38.8 Å². The van der Waals surface area contributed by atoms with Gasteiger partial charge in [0.15, 0.2) is 5.96 Å². The van der Waals surface area contributed by atoms with Crippen molar-refractivity contribution < 1.29 is 0 Å². The molecule has 5 heteroatoms. The van der Waals surface area contributed by atoms with Crippen molar-refractivity contribution in [3.05, 3.63) is 35.4 Å². The highest BCUT2D eigenvalue weighted by molar-refractivity contribution is 14.0. The van der Waals surface area contributed by atoms with E-state index >= 15 is 0 Å². The van der Waals surface area contributed by atoms with Gasteiger partial charge in [-0.05, 0) is 38.7 Å². The number of likely N-dealkylation sites (tertiary alicyclic amines) is 1. The quantitative estimate of drug-likeness (QED) is 0.417. The normalized spacial score (nSPS) is 21.7. The van der Waals surface area contributed by atoms with Gasteiger partial charge in [-0.3, -0.25) is 9.89 Å². The van der Waals surface area contributed by atoms with Gasteiger partial charge < -0.3 is 10.6 Å². The molecular weight excluding hydrogens is 411 g/mol. The summed E-state index contributed by atoms with van der Waals surface area (Å²) in [6, 6.07) is 9.78. The van der Waals surface area contributed by atoms with Crippen LogP contribution in [0.2, 0.25) is 0 Å². The number of halogens is 1. The first kappa shape index (κ1) is 21.2. The fraction of sp³-hybridized carbons (Fsp3) is 0.632. The van der Waals surface area contributed by atoms with E-state index in [9.17, 15) is 0 Å². The van der Waals surface area contributed by atoms with Gasteiger partial charge in [0.1, 0.15) is 0 Å². The summed E-state index contributed by atoms with van der Waals surface area (Å²) >= 11 is 0. The summed E-state index contributed by atoms with van der Waals surface area (Å²) in [7, 11) is 1.85. The van der Waals surface area contributed by atoms with E-state index in [0.717, 1.165) is 32.0 Å². The molecule has 2 atom stereocenters. The molecule has 2 rings (SSSR count). The fourth-order valence-corrected chi connectivity index (χ4v) is 3.18. The van der Waals surface area contributed by atoms with Crippen molar-refractivity contribution in [1.29, 1.82) is 0 Å². The molecule has 0 saturated carbocycles. The fourth-order valence-electron chi connectivity index (χ4n) is 3.18. The van der Waals surface area contributed by atoms with Crippen LogP contribution in [-0.4, -0.2) is 49.6 Å². The van der Waals surface area contributed by atoms with Crippen molar-refractivity contribution >= 4 is 29.9 Å². The molecule has 1 saturated heterocycles. The number of guanidine groups is 1. The molecule has 4 nitrogen and oxygen atoms in total. The molecule has 1 heterocycles. The summed E-state index contributed by atoms with van der Waals surface area (Å²) in [6.07, 6.45) is 1.01. The van der Waals surface area contributed by atoms with Gasteiger partial charge in [-0.25, -0.2) is 0 Å². The van der Waals surface area contributed by atoms with Crippen molar-refractivity contribution in [2.24, 2.45) is 10.9 Å². The van der Waals surface area contributed by atoms with E-state index in [1.165, 1.54) is 11.1 Å². The second-order valence-electron chi connectivity index (χ2n) is 7.01. The maximum atomic E-state index is 4.38. The summed E-state index contributed by atoms with van der Waals surface area (Å²) in [5.74, 6) is 1.56. The number of hydrogen-bond donors (Lipinski definition) is 2. The standard InChI is InChI=1S/C19H32N4.HI/c1-14(2)23-12-16(4)18(13-23)22-19(20-5)21-10-9-17-8-6-7-15(3)11-17;/h6-8,11,14,16,18H,9-10,12-13H2,1-5H3,(H2,20,21,22);1H. The topological polar surface area (TPSA) is 39.7 Å². The Bertz CT molecular complexity index is 530. The molecule has 0 amide bonds. The highest BCUT2D eigenvalue weighted by atomic mass is 127. The number of aliphatic imine (C=N–C) groups is 1. The van der Waals surface area contributed by atoms with Crippen LogP contribution < -0.4 is 10.6 Å². The molecule has 0 radical (unpaired) electrons. The van der Waals surface area contributed by atoms with Crippen LogP contribution >= 0.6 is 24.0 Å². The van der Waals surface area contributed by atoms with Gasteiger partial charge in [-0.15, -0.1) is 24.0 Å². The van der Waals surface area contributed by atoms with Crippen LogP contribution in [0.5, 0.6) is 0 Å². The number of nitrogens with one attached hydrogen (secondary N) is 2. The van der Waals surface area contributed by atoms with Crippen LogP contribution in [0, 0.1) is 12.8 Å². The molecular formula is C19H33IN4. The lowest BCUT2D eigenvalue weighted by molar-refractivity contribution is 0.265. The predicted molar refractivity (Wildman–Crippen MR) is 114 cm³/mol. The molecule has 2 N–H and O–H groups in total. The van der Waals surface area contributed by atoms with Gasteiger partial charge >= 0.3 is 0 Å². The molecule has 1 aromatic carbocycles. The van der Waals surface area contributed by atoms with E-state index in [2.05, 4.69) is 72.5 Å². The summed E-state index contributed by atoms with van der Waals surface area (Å²) in [4.78, 5) is 6.91. The minimum absolute atomic E-state index is 0. The van der Waals surface area contributed by atoms with Crippen molar-refractivity contribution in [2.45, 2.75) is 46.2 Å². The van der Waals surface area contributed by atoms with Crippen molar-refractivity contribution in [2.75, 3.05) is 26.7 Å². The molecule has 0 aliphatic carbocycles. The van der Waals surface area contributed by atoms with Crippen LogP contribution in [0.4, 0.5) is 0 Å². The van der Waals surface area contributed by atoms with Gasteiger partial charge in [0.25, 0.3) is 0 Å². The highest BCUT2D eigenvalue weighted by Crippen LogP contribution is 2.18. The molecule has 0 aromatic heterocycles. The maximum absolute atomic E-state index is 4.38. The molecule has 1 aliphatic rings. The van der Waals surface area contributed by atoms with Crippen LogP contribution in [-0.2, 0) is 6.42 Å². The molecule has 2 unspecified atom stereocenters. The maximum Gasteiger partial charge on any atom is 0.191 e. The number of benzene rings is 1. The van der Waals surface area contributed by atoms with Crippen LogP contribution in [0.25, 0.3) is 0 Å². The van der Waals surface area contributed by atoms with E-state index < -0.39 is 0 Å². The van der Waals surface area contributed by atoms with Gasteiger partial charge in [0.2, 0.25) is 0 Å². The van der Waals surface area contributed by atoms with Gasteiger partial charge in [-0.1, -0.05) is 36.8 Å².